The standard InChI is InChI=1S/C101H128O18Si/c1-61(41-43-104-56-64-29-33-68-21-13-17-25-72(68)46-64)93-62(2)45-77(109-93)50-76(105-57-65-30-34-69-22-14-18-26-73(69)47-65)51-82-78(106-58-66-31-35-70-23-15-19-27-74(70)48-66)37-38-79-83(111-82)52-89-99(7,117-79)60-100(8,119-120(10,11)12)87(113-89)40-39-81-92(103)91(102)63(3)94-85(110-81)54-90-101(9,118-94)96(107-59-67-32-36-71-24-16-20-28-75(71)49-67)95-86(112-90)55-98(6)88(114-95)53-84-80(116-98)42-44-108-97(4,5)115-84/h13-36,46-49,61-63,76-91,93-96,102H,37-45,50-60H2,1-12H3/t61-,62+,63+,76+,77-,78-,79+,80-,81+,82+,83-,84+,85-,86-,87-,88-,89+,90+,91?,93+,94+,95-,96+,98+,99-,100+,101+/m0/s1. The van der Waals surface area contributed by atoms with Crippen LogP contribution < -0.4 is 0 Å². The molecule has 19 heteroatoms. The van der Waals surface area contributed by atoms with E-state index in [1.54, 1.807) is 0 Å². The number of ether oxygens (including phenoxy) is 15. The topological polar surface area (TPSA) is 185 Å². The van der Waals surface area contributed by atoms with Crippen LogP contribution in [-0.2, 0) is 107 Å². The molecule has 1 unspecified atom stereocenters. The Hall–Kier alpha value is -5.99. The van der Waals surface area contributed by atoms with E-state index in [0.29, 0.717) is 110 Å². The monoisotopic (exact) mass is 1660 g/mol. The predicted molar refractivity (Wildman–Crippen MR) is 464 cm³/mol. The number of carbonyl (C=O) groups excluding carboxylic acids is 1. The summed E-state index contributed by atoms with van der Waals surface area (Å²) in [5.41, 5.74) is 0.995. The van der Waals surface area contributed by atoms with Gasteiger partial charge in [-0.25, -0.2) is 0 Å². The van der Waals surface area contributed by atoms with Crippen molar-refractivity contribution < 1.29 is 85.4 Å². The van der Waals surface area contributed by atoms with Gasteiger partial charge in [0.15, 0.2) is 19.9 Å². The molecular formula is C101H128O18Si. The first kappa shape index (κ1) is 84.8. The Bertz CT molecular complexity index is 4900. The van der Waals surface area contributed by atoms with Crippen LogP contribution in [0.4, 0.5) is 0 Å². The molecule has 0 aliphatic carbocycles. The molecule has 8 aromatic carbocycles. The molecule has 10 aliphatic heterocycles. The fraction of sp³-hybridized carbons (Fsp3) is 0.594. The predicted octanol–water partition coefficient (Wildman–Crippen LogP) is 18.7. The van der Waals surface area contributed by atoms with Crippen molar-refractivity contribution in [2.24, 2.45) is 17.8 Å². The van der Waals surface area contributed by atoms with E-state index in [9.17, 15) is 5.11 Å². The van der Waals surface area contributed by atoms with Crippen LogP contribution in [0.1, 0.15) is 174 Å². The van der Waals surface area contributed by atoms with Gasteiger partial charge in [-0.15, -0.1) is 0 Å². The molecule has 0 saturated carbocycles. The highest BCUT2D eigenvalue weighted by Crippen LogP contribution is 2.55. The number of aliphatic hydroxyl groups excluding tert-OH is 1. The SMILES string of the molecule is C[C@@H]1C[C@@H](C[C@H](C[C@H]2O[C@H]3C[C@H]4O[C@@H](CC[C@H]5O[C@H]6C[C@H]7O[C@H]8C[C@@]9(C)O[C@H]%10CCOC(C)(C)O[C@@H]%10C[C@@H]9O[C@@H]8[C@@H](OCc8ccc9ccccc9c8)[C@]7(C)O[C@@H]6[C@H](C)C(O)C5=O)[C@](C)(O[Si](C)(C)C)C[C@]4(C)O[C@@H]3CC[C@@H]2OCc2ccc3ccccc3c2)OCc2ccc3ccccc3c2)O[C@@H]1[C@@H](C)CCOCc1ccc2ccccc2c1. The van der Waals surface area contributed by atoms with Crippen LogP contribution in [0, 0.1) is 17.8 Å². The molecule has 0 radical (unpaired) electrons. The highest BCUT2D eigenvalue weighted by Gasteiger charge is 2.67. The van der Waals surface area contributed by atoms with Crippen LogP contribution in [0.15, 0.2) is 170 Å². The molecule has 27 atom stereocenters. The number of aliphatic hydroxyl groups is 1. The summed E-state index contributed by atoms with van der Waals surface area (Å²) in [5, 5.41) is 22.0. The number of Topliss-reactive ketones (excluding diaryl/α,β-unsaturated/α-hetero) is 1. The zero-order valence-electron chi connectivity index (χ0n) is 72.5. The molecule has 1 N–H and O–H groups in total. The van der Waals surface area contributed by atoms with Crippen LogP contribution >= 0.6 is 0 Å². The van der Waals surface area contributed by atoms with E-state index >= 15 is 4.79 Å². The summed E-state index contributed by atoms with van der Waals surface area (Å²) in [6, 6.07) is 60.1. The van der Waals surface area contributed by atoms with Crippen molar-refractivity contribution in [1.82, 2.24) is 0 Å². The molecule has 18 nitrogen and oxygen atoms in total. The molecule has 644 valence electrons. The van der Waals surface area contributed by atoms with Gasteiger partial charge in [-0.3, -0.25) is 4.79 Å². The molecule has 0 aromatic heterocycles. The Morgan fingerprint density at radius 3 is 1.72 bits per heavy atom. The Balaban J connectivity index is 0.590. The average Bonchev–Trinajstić information content (AvgIpc) is 0.922. The minimum absolute atomic E-state index is 0.0346. The van der Waals surface area contributed by atoms with Gasteiger partial charge in [0.1, 0.15) is 30.0 Å². The van der Waals surface area contributed by atoms with Crippen LogP contribution in [0.3, 0.4) is 0 Å². The maximum absolute atomic E-state index is 15.3. The number of rotatable bonds is 24. The molecule has 10 heterocycles. The number of ketones is 1. The highest BCUT2D eigenvalue weighted by atomic mass is 28.4. The smallest absolute Gasteiger partial charge is 0.190 e. The van der Waals surface area contributed by atoms with Crippen molar-refractivity contribution in [2.45, 2.75) is 349 Å². The number of hydrogen-bond acceptors (Lipinski definition) is 18. The van der Waals surface area contributed by atoms with E-state index < -0.39 is 103 Å². The summed E-state index contributed by atoms with van der Waals surface area (Å²) >= 11 is 0. The molecule has 10 aliphatic rings. The fourth-order valence-electron chi connectivity index (χ4n) is 22.7. The molecule has 0 bridgehead atoms. The Morgan fingerprint density at radius 2 is 1.08 bits per heavy atom. The first-order valence-corrected chi connectivity index (χ1v) is 48.6. The molecule has 8 aromatic rings. The first-order valence-electron chi connectivity index (χ1n) is 45.2. The number of carbonyl (C=O) groups is 1. The first-order chi connectivity index (χ1) is 57.6. The Kier molecular flexibility index (Phi) is 24.6. The van der Waals surface area contributed by atoms with Crippen molar-refractivity contribution in [1.29, 1.82) is 0 Å². The van der Waals surface area contributed by atoms with Gasteiger partial charge in [0.25, 0.3) is 0 Å². The van der Waals surface area contributed by atoms with Gasteiger partial charge >= 0.3 is 0 Å². The maximum atomic E-state index is 15.3. The number of hydrogen-bond donors (Lipinski definition) is 1. The molecule has 120 heavy (non-hydrogen) atoms. The van der Waals surface area contributed by atoms with Crippen molar-refractivity contribution in [3.05, 3.63) is 192 Å². The number of fused-ring (bicyclic) bond motifs is 11. The van der Waals surface area contributed by atoms with Crippen molar-refractivity contribution in [3.63, 3.8) is 0 Å². The summed E-state index contributed by atoms with van der Waals surface area (Å²) < 4.78 is 115. The second-order valence-electron chi connectivity index (χ2n) is 39.6. The third kappa shape index (κ3) is 18.1. The van der Waals surface area contributed by atoms with Gasteiger partial charge in [-0.1, -0.05) is 166 Å². The zero-order chi connectivity index (χ0) is 83.0. The minimum Gasteiger partial charge on any atom is -0.410 e. The third-order valence-corrected chi connectivity index (χ3v) is 29.8. The van der Waals surface area contributed by atoms with E-state index in [1.807, 2.05) is 20.8 Å². The van der Waals surface area contributed by atoms with Gasteiger partial charge < -0.3 is 80.6 Å². The lowest BCUT2D eigenvalue weighted by molar-refractivity contribution is -0.383. The summed E-state index contributed by atoms with van der Waals surface area (Å²) in [6.45, 7) is 28.6. The molecule has 0 amide bonds. The minimum atomic E-state index is -2.32. The second-order valence-corrected chi connectivity index (χ2v) is 44.0. The molecule has 18 rings (SSSR count). The van der Waals surface area contributed by atoms with Crippen LogP contribution in [0.25, 0.3) is 43.1 Å². The van der Waals surface area contributed by atoms with E-state index in [2.05, 4.69) is 231 Å². The quantitative estimate of drug-likeness (QED) is 0.0444. The summed E-state index contributed by atoms with van der Waals surface area (Å²) in [4.78, 5) is 15.3. The van der Waals surface area contributed by atoms with E-state index in [4.69, 9.17) is 75.5 Å². The molecular weight excluding hydrogens is 1530 g/mol. The Labute approximate surface area is 710 Å². The van der Waals surface area contributed by atoms with Gasteiger partial charge in [0.2, 0.25) is 0 Å². The summed E-state index contributed by atoms with van der Waals surface area (Å²) in [5.74, 6) is -1.17. The van der Waals surface area contributed by atoms with Crippen LogP contribution in [0.5, 0.6) is 0 Å². The lowest BCUT2D eigenvalue weighted by Gasteiger charge is -2.62. The summed E-state index contributed by atoms with van der Waals surface area (Å²) in [6.07, 6.45) is -0.600. The van der Waals surface area contributed by atoms with E-state index in [0.717, 1.165) is 40.3 Å². The fourth-order valence-corrected chi connectivity index (χ4v) is 24.3. The summed E-state index contributed by atoms with van der Waals surface area (Å²) in [7, 11) is -2.32. The second kappa shape index (κ2) is 34.7. The molecule has 10 saturated heterocycles. The Morgan fingerprint density at radius 1 is 0.517 bits per heavy atom. The molecule has 0 spiro atoms. The zero-order valence-corrected chi connectivity index (χ0v) is 73.5. The van der Waals surface area contributed by atoms with Crippen molar-refractivity contribution >= 4 is 57.2 Å². The van der Waals surface area contributed by atoms with E-state index in [-0.39, 0.29) is 85.8 Å². The average molecular weight is 1660 g/mol. The van der Waals surface area contributed by atoms with Crippen molar-refractivity contribution in [2.75, 3.05) is 13.2 Å². The normalized spacial score (nSPS) is 37.4. The van der Waals surface area contributed by atoms with Gasteiger partial charge in [0, 0.05) is 51.0 Å². The van der Waals surface area contributed by atoms with Gasteiger partial charge in [0.05, 0.1) is 148 Å². The number of benzene rings is 8. The largest absolute Gasteiger partial charge is 0.410 e. The van der Waals surface area contributed by atoms with E-state index in [1.165, 1.54) is 37.9 Å². The van der Waals surface area contributed by atoms with Gasteiger partial charge in [-0.2, -0.15) is 0 Å². The lowest BCUT2D eigenvalue weighted by atomic mass is 9.72. The third-order valence-electron chi connectivity index (χ3n) is 28.7. The lowest BCUT2D eigenvalue weighted by Crippen LogP contribution is -2.75. The molecule has 10 fully saturated rings. The van der Waals surface area contributed by atoms with Gasteiger partial charge in [-0.05, 0) is 214 Å². The van der Waals surface area contributed by atoms with Crippen molar-refractivity contribution in [3.8, 4) is 0 Å². The maximum Gasteiger partial charge on any atom is 0.190 e. The van der Waals surface area contributed by atoms with Crippen LogP contribution in [-0.4, -0.2) is 183 Å². The highest BCUT2D eigenvalue weighted by molar-refractivity contribution is 6.69. The van der Waals surface area contributed by atoms with Crippen LogP contribution in [0.2, 0.25) is 19.6 Å².